The average molecular weight is 303 g/mol. The number of hydrogen-bond acceptors (Lipinski definition) is 3. The van der Waals surface area contributed by atoms with E-state index >= 15 is 0 Å². The van der Waals surface area contributed by atoms with Crippen LogP contribution in [0.1, 0.15) is 18.9 Å². The lowest BCUT2D eigenvalue weighted by Gasteiger charge is -2.16. The number of nitrogens with one attached hydrogen (secondary N) is 1. The predicted octanol–water partition coefficient (Wildman–Crippen LogP) is 2.07. The van der Waals surface area contributed by atoms with Gasteiger partial charge in [-0.15, -0.1) is 0 Å². The van der Waals surface area contributed by atoms with Gasteiger partial charge in [-0.2, -0.15) is 8.78 Å². The maximum absolute atomic E-state index is 12.7. The van der Waals surface area contributed by atoms with Gasteiger partial charge in [-0.05, 0) is 24.1 Å². The number of alkyl halides is 2. The molecular weight excluding hydrogens is 287 g/mol. The van der Waals surface area contributed by atoms with Crippen molar-refractivity contribution in [3.05, 3.63) is 35.6 Å². The van der Waals surface area contributed by atoms with Gasteiger partial charge in [0.15, 0.2) is 5.78 Å². The van der Waals surface area contributed by atoms with Gasteiger partial charge in [0.05, 0.1) is 6.61 Å². The van der Waals surface area contributed by atoms with E-state index < -0.39 is 31.0 Å². The van der Waals surface area contributed by atoms with Crippen molar-refractivity contribution in [1.82, 2.24) is 5.32 Å². The van der Waals surface area contributed by atoms with Crippen molar-refractivity contribution in [2.75, 3.05) is 6.61 Å². The second-order valence-corrected chi connectivity index (χ2v) is 4.44. The number of ether oxygens (including phenoxy) is 1. The van der Waals surface area contributed by atoms with Gasteiger partial charge < -0.3 is 10.1 Å². The van der Waals surface area contributed by atoms with Crippen molar-refractivity contribution in [3.8, 4) is 0 Å². The molecule has 4 nitrogen and oxygen atoms in total. The van der Waals surface area contributed by atoms with E-state index in [1.807, 2.05) is 0 Å². The fraction of sp³-hybridized carbons (Fsp3) is 0.429. The van der Waals surface area contributed by atoms with Gasteiger partial charge in [-0.3, -0.25) is 9.59 Å². The Labute approximate surface area is 120 Å². The molecule has 0 bridgehead atoms. The third kappa shape index (κ3) is 6.89. The molecule has 0 heterocycles. The van der Waals surface area contributed by atoms with E-state index in [-0.39, 0.29) is 12.2 Å². The minimum atomic E-state index is -3.01. The van der Waals surface area contributed by atoms with Gasteiger partial charge in [0.25, 0.3) is 0 Å². The molecule has 1 rings (SSSR count). The van der Waals surface area contributed by atoms with Crippen molar-refractivity contribution < 1.29 is 27.5 Å². The standard InChI is InChI=1S/C14H16F3NO3/c1-9(19)18-12(8-21-14(16)17)13(20)7-4-10-2-5-11(15)6-3-10/h2-3,5-6,12,14H,4,7-8H2,1H3,(H,18,19)/t12-/m1/s1. The molecule has 0 radical (unpaired) electrons. The quantitative estimate of drug-likeness (QED) is 0.800. The molecule has 1 amide bonds. The van der Waals surface area contributed by atoms with Crippen LogP contribution < -0.4 is 5.32 Å². The topological polar surface area (TPSA) is 55.4 Å². The molecular formula is C14H16F3NO3. The lowest BCUT2D eigenvalue weighted by molar-refractivity contribution is -0.145. The predicted molar refractivity (Wildman–Crippen MR) is 69.3 cm³/mol. The first-order valence-electron chi connectivity index (χ1n) is 6.32. The van der Waals surface area contributed by atoms with Gasteiger partial charge in [0.2, 0.25) is 5.91 Å². The Morgan fingerprint density at radius 3 is 2.38 bits per heavy atom. The number of hydrogen-bond donors (Lipinski definition) is 1. The van der Waals surface area contributed by atoms with E-state index in [4.69, 9.17) is 0 Å². The second kappa shape index (κ2) is 8.41. The van der Waals surface area contributed by atoms with Gasteiger partial charge >= 0.3 is 6.61 Å². The first-order chi connectivity index (χ1) is 9.88. The molecule has 1 N–H and O–H groups in total. The first-order valence-corrected chi connectivity index (χ1v) is 6.32. The summed E-state index contributed by atoms with van der Waals surface area (Å²) in [5.74, 6) is -1.31. The Morgan fingerprint density at radius 2 is 1.86 bits per heavy atom. The van der Waals surface area contributed by atoms with Crippen LogP contribution in [0, 0.1) is 5.82 Å². The third-order valence-corrected chi connectivity index (χ3v) is 2.73. The van der Waals surface area contributed by atoms with E-state index in [0.29, 0.717) is 6.42 Å². The highest BCUT2D eigenvalue weighted by molar-refractivity contribution is 5.88. The SMILES string of the molecule is CC(=O)N[C@H](COC(F)F)C(=O)CCc1ccc(F)cc1. The zero-order chi connectivity index (χ0) is 15.8. The molecule has 0 fully saturated rings. The van der Waals surface area contributed by atoms with E-state index in [2.05, 4.69) is 10.1 Å². The number of Topliss-reactive ketones (excluding diaryl/α,β-unsaturated/α-hetero) is 1. The van der Waals surface area contributed by atoms with Crippen molar-refractivity contribution in [2.24, 2.45) is 0 Å². The average Bonchev–Trinajstić information content (AvgIpc) is 2.42. The van der Waals surface area contributed by atoms with Crippen LogP contribution in [0.4, 0.5) is 13.2 Å². The summed E-state index contributed by atoms with van der Waals surface area (Å²) in [6.07, 6.45) is 0.354. The summed E-state index contributed by atoms with van der Waals surface area (Å²) < 4.78 is 40.8. The summed E-state index contributed by atoms with van der Waals surface area (Å²) in [6, 6.07) is 4.49. The molecule has 0 aliphatic heterocycles. The molecule has 0 aromatic heterocycles. The Balaban J connectivity index is 2.54. The molecule has 21 heavy (non-hydrogen) atoms. The van der Waals surface area contributed by atoms with Crippen LogP contribution in [-0.4, -0.2) is 31.0 Å². The highest BCUT2D eigenvalue weighted by Crippen LogP contribution is 2.07. The molecule has 1 aromatic rings. The lowest BCUT2D eigenvalue weighted by Crippen LogP contribution is -2.43. The van der Waals surface area contributed by atoms with Crippen molar-refractivity contribution in [2.45, 2.75) is 32.4 Å². The number of aryl methyl sites for hydroxylation is 1. The Bertz CT molecular complexity index is 477. The van der Waals surface area contributed by atoms with Crippen LogP contribution in [0.2, 0.25) is 0 Å². The fourth-order valence-corrected chi connectivity index (χ4v) is 1.72. The molecule has 0 saturated heterocycles. The van der Waals surface area contributed by atoms with Crippen LogP contribution in [-0.2, 0) is 20.7 Å². The van der Waals surface area contributed by atoms with E-state index in [1.54, 1.807) is 0 Å². The molecule has 0 unspecified atom stereocenters. The van der Waals surface area contributed by atoms with Crippen LogP contribution in [0.15, 0.2) is 24.3 Å². The highest BCUT2D eigenvalue weighted by atomic mass is 19.3. The summed E-state index contributed by atoms with van der Waals surface area (Å²) in [5, 5.41) is 2.27. The Morgan fingerprint density at radius 1 is 1.24 bits per heavy atom. The van der Waals surface area contributed by atoms with E-state index in [0.717, 1.165) is 5.56 Å². The number of ketones is 1. The number of rotatable bonds is 8. The van der Waals surface area contributed by atoms with E-state index in [9.17, 15) is 22.8 Å². The molecule has 0 aliphatic carbocycles. The second-order valence-electron chi connectivity index (χ2n) is 4.44. The maximum atomic E-state index is 12.7. The van der Waals surface area contributed by atoms with Gasteiger partial charge in [0, 0.05) is 13.3 Å². The lowest BCUT2D eigenvalue weighted by atomic mass is 10.0. The Kier molecular flexibility index (Phi) is 6.87. The van der Waals surface area contributed by atoms with Gasteiger partial charge in [-0.25, -0.2) is 4.39 Å². The van der Waals surface area contributed by atoms with E-state index in [1.165, 1.54) is 31.2 Å². The number of halogens is 3. The molecule has 1 aromatic carbocycles. The maximum Gasteiger partial charge on any atom is 0.345 e. The van der Waals surface area contributed by atoms with Crippen molar-refractivity contribution in [3.63, 3.8) is 0 Å². The summed E-state index contributed by atoms with van der Waals surface area (Å²) in [7, 11) is 0. The Hall–Kier alpha value is -1.89. The molecule has 7 heteroatoms. The van der Waals surface area contributed by atoms with Gasteiger partial charge in [0.1, 0.15) is 11.9 Å². The monoisotopic (exact) mass is 303 g/mol. The number of carbonyl (C=O) groups excluding carboxylic acids is 2. The normalized spacial score (nSPS) is 12.2. The molecule has 0 saturated carbocycles. The molecule has 116 valence electrons. The number of amides is 1. The zero-order valence-electron chi connectivity index (χ0n) is 11.4. The minimum Gasteiger partial charge on any atom is -0.344 e. The molecule has 0 aliphatic rings. The highest BCUT2D eigenvalue weighted by Gasteiger charge is 2.21. The van der Waals surface area contributed by atoms with Crippen LogP contribution in [0.25, 0.3) is 0 Å². The molecule has 1 atom stereocenters. The molecule has 0 spiro atoms. The number of benzene rings is 1. The summed E-state index contributed by atoms with van der Waals surface area (Å²) >= 11 is 0. The van der Waals surface area contributed by atoms with Gasteiger partial charge in [-0.1, -0.05) is 12.1 Å². The summed E-state index contributed by atoms with van der Waals surface area (Å²) in [4.78, 5) is 22.9. The van der Waals surface area contributed by atoms with Crippen LogP contribution >= 0.6 is 0 Å². The first kappa shape index (κ1) is 17.2. The smallest absolute Gasteiger partial charge is 0.344 e. The largest absolute Gasteiger partial charge is 0.345 e. The van der Waals surface area contributed by atoms with Crippen molar-refractivity contribution >= 4 is 11.7 Å². The zero-order valence-corrected chi connectivity index (χ0v) is 11.4. The minimum absolute atomic E-state index is 0.0309. The van der Waals surface area contributed by atoms with Crippen LogP contribution in [0.5, 0.6) is 0 Å². The fourth-order valence-electron chi connectivity index (χ4n) is 1.72. The van der Waals surface area contributed by atoms with Crippen molar-refractivity contribution in [1.29, 1.82) is 0 Å². The number of carbonyl (C=O) groups is 2. The van der Waals surface area contributed by atoms with Crippen LogP contribution in [0.3, 0.4) is 0 Å². The summed E-state index contributed by atoms with van der Waals surface area (Å²) in [6.45, 7) is -2.41. The third-order valence-electron chi connectivity index (χ3n) is 2.73. The summed E-state index contributed by atoms with van der Waals surface area (Å²) in [5.41, 5.74) is 0.737.